The Morgan fingerprint density at radius 3 is 2.56 bits per heavy atom. The molecule has 3 aromatic rings. The number of nitriles is 1. The molecular weight excluding hydrogens is 312 g/mol. The summed E-state index contributed by atoms with van der Waals surface area (Å²) in [7, 11) is 1.55. The first-order valence-electron chi connectivity index (χ1n) is 7.77. The number of nitrogens with zero attached hydrogens (tertiary/aromatic N) is 1. The van der Waals surface area contributed by atoms with E-state index in [0.717, 1.165) is 10.8 Å². The van der Waals surface area contributed by atoms with Gasteiger partial charge >= 0.3 is 0 Å². The SMILES string of the molecule is COc1ccccc1C=C(C#N)C(=O)Nc1cccc2ccccc12. The first-order valence-corrected chi connectivity index (χ1v) is 7.77. The largest absolute Gasteiger partial charge is 0.496 e. The molecule has 0 aromatic heterocycles. The summed E-state index contributed by atoms with van der Waals surface area (Å²) in [6.07, 6.45) is 1.53. The maximum Gasteiger partial charge on any atom is 0.266 e. The summed E-state index contributed by atoms with van der Waals surface area (Å²) in [6, 6.07) is 22.6. The molecule has 0 spiro atoms. The highest BCUT2D eigenvalue weighted by molar-refractivity contribution is 6.13. The van der Waals surface area contributed by atoms with Crippen molar-refractivity contribution in [2.45, 2.75) is 0 Å². The lowest BCUT2D eigenvalue weighted by molar-refractivity contribution is -0.112. The van der Waals surface area contributed by atoms with Crippen molar-refractivity contribution in [1.82, 2.24) is 0 Å². The summed E-state index contributed by atoms with van der Waals surface area (Å²) in [6.45, 7) is 0. The van der Waals surface area contributed by atoms with Crippen LogP contribution in [0.5, 0.6) is 5.75 Å². The van der Waals surface area contributed by atoms with Crippen LogP contribution in [0.1, 0.15) is 5.56 Å². The van der Waals surface area contributed by atoms with Gasteiger partial charge in [-0.25, -0.2) is 0 Å². The molecule has 0 heterocycles. The van der Waals surface area contributed by atoms with Crippen molar-refractivity contribution in [2.75, 3.05) is 12.4 Å². The lowest BCUT2D eigenvalue weighted by Crippen LogP contribution is -2.13. The van der Waals surface area contributed by atoms with Crippen LogP contribution in [0.4, 0.5) is 5.69 Å². The highest BCUT2D eigenvalue weighted by atomic mass is 16.5. The number of para-hydroxylation sites is 1. The maximum atomic E-state index is 12.5. The van der Waals surface area contributed by atoms with Gasteiger partial charge in [0.05, 0.1) is 7.11 Å². The number of carbonyl (C=O) groups is 1. The number of carbonyl (C=O) groups excluding carboxylic acids is 1. The van der Waals surface area contributed by atoms with Crippen LogP contribution < -0.4 is 10.1 Å². The van der Waals surface area contributed by atoms with Crippen molar-refractivity contribution in [2.24, 2.45) is 0 Å². The van der Waals surface area contributed by atoms with Crippen molar-refractivity contribution in [3.8, 4) is 11.8 Å². The summed E-state index contributed by atoms with van der Waals surface area (Å²) >= 11 is 0. The van der Waals surface area contributed by atoms with Gasteiger partial charge in [0.25, 0.3) is 5.91 Å². The van der Waals surface area contributed by atoms with E-state index in [2.05, 4.69) is 5.32 Å². The van der Waals surface area contributed by atoms with Gasteiger partial charge in [-0.15, -0.1) is 0 Å². The molecule has 0 bridgehead atoms. The van der Waals surface area contributed by atoms with Gasteiger partial charge in [-0.3, -0.25) is 4.79 Å². The van der Waals surface area contributed by atoms with Crippen molar-refractivity contribution < 1.29 is 9.53 Å². The minimum atomic E-state index is -0.454. The Kier molecular flexibility index (Phi) is 4.77. The molecule has 0 aliphatic rings. The number of anilines is 1. The first kappa shape index (κ1) is 16.3. The van der Waals surface area contributed by atoms with Crippen LogP contribution in [0, 0.1) is 11.3 Å². The quantitative estimate of drug-likeness (QED) is 0.570. The van der Waals surface area contributed by atoms with Crippen LogP contribution in [0.15, 0.2) is 72.3 Å². The molecule has 1 amide bonds. The standard InChI is InChI=1S/C21H16N2O2/c1-25-20-12-5-3-8-16(20)13-17(14-22)21(24)23-19-11-6-9-15-7-2-4-10-18(15)19/h2-13H,1H3,(H,23,24). The molecule has 0 unspecified atom stereocenters. The lowest BCUT2D eigenvalue weighted by Gasteiger charge is -2.09. The highest BCUT2D eigenvalue weighted by Crippen LogP contribution is 2.24. The summed E-state index contributed by atoms with van der Waals surface area (Å²) in [5.74, 6) is 0.151. The third kappa shape index (κ3) is 3.51. The Balaban J connectivity index is 1.93. The Labute approximate surface area is 146 Å². The molecule has 0 saturated heterocycles. The molecule has 1 N–H and O–H groups in total. The van der Waals surface area contributed by atoms with E-state index in [1.165, 1.54) is 6.08 Å². The maximum absolute atomic E-state index is 12.5. The van der Waals surface area contributed by atoms with Gasteiger partial charge < -0.3 is 10.1 Å². The van der Waals surface area contributed by atoms with Gasteiger partial charge in [0.2, 0.25) is 0 Å². The molecular formula is C21H16N2O2. The van der Waals surface area contributed by atoms with Crippen molar-refractivity contribution in [3.05, 3.63) is 77.9 Å². The fourth-order valence-electron chi connectivity index (χ4n) is 2.61. The van der Waals surface area contributed by atoms with Crippen LogP contribution in [-0.4, -0.2) is 13.0 Å². The molecule has 0 saturated carbocycles. The number of benzene rings is 3. The fourth-order valence-corrected chi connectivity index (χ4v) is 2.61. The van der Waals surface area contributed by atoms with Crippen molar-refractivity contribution in [3.63, 3.8) is 0 Å². The predicted octanol–water partition coefficient (Wildman–Crippen LogP) is 4.39. The van der Waals surface area contributed by atoms with E-state index in [9.17, 15) is 10.1 Å². The zero-order valence-electron chi connectivity index (χ0n) is 13.7. The van der Waals surface area contributed by atoms with Crippen LogP contribution in [0.2, 0.25) is 0 Å². The molecule has 0 radical (unpaired) electrons. The third-order valence-electron chi connectivity index (χ3n) is 3.84. The second-order valence-corrected chi connectivity index (χ2v) is 5.39. The number of fused-ring (bicyclic) bond motifs is 1. The minimum absolute atomic E-state index is 0.0115. The zero-order valence-corrected chi connectivity index (χ0v) is 13.7. The molecule has 3 aromatic carbocycles. The van der Waals surface area contributed by atoms with E-state index in [-0.39, 0.29) is 5.57 Å². The number of methoxy groups -OCH3 is 1. The molecule has 122 valence electrons. The molecule has 0 aliphatic heterocycles. The summed E-state index contributed by atoms with van der Waals surface area (Å²) in [5, 5.41) is 14.2. The lowest BCUT2D eigenvalue weighted by atomic mass is 10.1. The number of rotatable bonds is 4. The van der Waals surface area contributed by atoms with Crippen molar-refractivity contribution >= 4 is 28.4 Å². The number of ether oxygens (including phenoxy) is 1. The number of nitrogens with one attached hydrogen (secondary N) is 1. The van der Waals surface area contributed by atoms with Gasteiger partial charge in [0.1, 0.15) is 17.4 Å². The summed E-state index contributed by atoms with van der Waals surface area (Å²) < 4.78 is 5.26. The minimum Gasteiger partial charge on any atom is -0.496 e. The van der Waals surface area contributed by atoms with Crippen LogP contribution in [-0.2, 0) is 4.79 Å². The van der Waals surface area contributed by atoms with Gasteiger partial charge in [-0.1, -0.05) is 54.6 Å². The van der Waals surface area contributed by atoms with Crippen LogP contribution in [0.25, 0.3) is 16.8 Å². The van der Waals surface area contributed by atoms with Gasteiger partial charge in [-0.05, 0) is 23.6 Å². The number of hydrogen-bond acceptors (Lipinski definition) is 3. The zero-order chi connectivity index (χ0) is 17.6. The van der Waals surface area contributed by atoms with Gasteiger partial charge in [-0.2, -0.15) is 5.26 Å². The molecule has 4 nitrogen and oxygen atoms in total. The number of hydrogen-bond donors (Lipinski definition) is 1. The average Bonchev–Trinajstić information content (AvgIpc) is 2.66. The third-order valence-corrected chi connectivity index (χ3v) is 3.84. The smallest absolute Gasteiger partial charge is 0.266 e. The van der Waals surface area contributed by atoms with Gasteiger partial charge in [0, 0.05) is 16.6 Å². The molecule has 0 fully saturated rings. The number of amides is 1. The topological polar surface area (TPSA) is 62.1 Å². The van der Waals surface area contributed by atoms with Crippen LogP contribution >= 0.6 is 0 Å². The molecule has 25 heavy (non-hydrogen) atoms. The van der Waals surface area contributed by atoms with E-state index >= 15 is 0 Å². The average molecular weight is 328 g/mol. The Hall–Kier alpha value is -3.58. The summed E-state index contributed by atoms with van der Waals surface area (Å²) in [4.78, 5) is 12.5. The molecule has 4 heteroatoms. The monoisotopic (exact) mass is 328 g/mol. The van der Waals surface area contributed by atoms with E-state index in [0.29, 0.717) is 17.0 Å². The first-order chi connectivity index (χ1) is 12.2. The molecule has 0 aliphatic carbocycles. The van der Waals surface area contributed by atoms with E-state index in [4.69, 9.17) is 4.74 Å². The highest BCUT2D eigenvalue weighted by Gasteiger charge is 2.12. The summed E-state index contributed by atoms with van der Waals surface area (Å²) in [5.41, 5.74) is 1.36. The fraction of sp³-hybridized carbons (Fsp3) is 0.0476. The Morgan fingerprint density at radius 2 is 1.76 bits per heavy atom. The second kappa shape index (κ2) is 7.33. The molecule has 3 rings (SSSR count). The Morgan fingerprint density at radius 1 is 1.04 bits per heavy atom. The van der Waals surface area contributed by atoms with Gasteiger partial charge in [0.15, 0.2) is 0 Å². The normalized spacial score (nSPS) is 11.0. The van der Waals surface area contributed by atoms with E-state index in [1.807, 2.05) is 60.7 Å². The Bertz CT molecular complexity index is 995. The van der Waals surface area contributed by atoms with E-state index in [1.54, 1.807) is 19.2 Å². The molecule has 0 atom stereocenters. The van der Waals surface area contributed by atoms with Crippen LogP contribution in [0.3, 0.4) is 0 Å². The van der Waals surface area contributed by atoms with E-state index < -0.39 is 5.91 Å². The van der Waals surface area contributed by atoms with Crippen molar-refractivity contribution in [1.29, 1.82) is 5.26 Å². The predicted molar refractivity (Wildman–Crippen MR) is 99.2 cm³/mol. The second-order valence-electron chi connectivity index (χ2n) is 5.39.